The van der Waals surface area contributed by atoms with Crippen LogP contribution in [0.4, 0.5) is 0 Å². The number of fused-ring (bicyclic) bond motifs is 1. The van der Waals surface area contributed by atoms with Gasteiger partial charge in [-0.25, -0.2) is 0 Å². The van der Waals surface area contributed by atoms with E-state index in [4.69, 9.17) is 0 Å². The van der Waals surface area contributed by atoms with E-state index < -0.39 is 0 Å². The summed E-state index contributed by atoms with van der Waals surface area (Å²) in [6.07, 6.45) is 3.02. The van der Waals surface area contributed by atoms with E-state index >= 15 is 0 Å². The van der Waals surface area contributed by atoms with Crippen molar-refractivity contribution in [2.75, 3.05) is 0 Å². The second-order valence-corrected chi connectivity index (χ2v) is 3.82. The van der Waals surface area contributed by atoms with Crippen LogP contribution in [0, 0.1) is 0 Å². The summed E-state index contributed by atoms with van der Waals surface area (Å²) in [5.41, 5.74) is 3.99. The van der Waals surface area contributed by atoms with Gasteiger partial charge in [-0.15, -0.1) is 0 Å². The van der Waals surface area contributed by atoms with Crippen LogP contribution in [0.1, 0.15) is 23.6 Å². The van der Waals surface area contributed by atoms with E-state index in [0.29, 0.717) is 0 Å². The molecule has 0 aromatic heterocycles. The minimum absolute atomic E-state index is 0.857. The lowest BCUT2D eigenvalue weighted by atomic mass is 10.1. The summed E-state index contributed by atoms with van der Waals surface area (Å²) in [5, 5.41) is 0. The highest BCUT2D eigenvalue weighted by atomic mass is 79.9. The molecule has 1 aromatic carbocycles. The van der Waals surface area contributed by atoms with Crippen LogP contribution in [0.25, 0.3) is 0 Å². The van der Waals surface area contributed by atoms with E-state index in [9.17, 15) is 0 Å². The minimum atomic E-state index is 0.857. The molecule has 0 saturated heterocycles. The fourth-order valence-electron chi connectivity index (χ4n) is 1.45. The molecular weight excluding hydrogens is 214 g/mol. The van der Waals surface area contributed by atoms with Crippen molar-refractivity contribution in [2.24, 2.45) is 4.99 Å². The quantitative estimate of drug-likeness (QED) is 0.695. The van der Waals surface area contributed by atoms with Gasteiger partial charge in [-0.05, 0) is 29.2 Å². The number of hydrogen-bond acceptors (Lipinski definition) is 1. The maximum absolute atomic E-state index is 4.22. The average Bonchev–Trinajstić information content (AvgIpc) is 2.49. The van der Waals surface area contributed by atoms with Crippen molar-refractivity contribution in [1.82, 2.24) is 0 Å². The Morgan fingerprint density at radius 1 is 1.50 bits per heavy atom. The van der Waals surface area contributed by atoms with Gasteiger partial charge < -0.3 is 0 Å². The molecule has 0 bridgehead atoms. The van der Waals surface area contributed by atoms with E-state index in [0.717, 1.165) is 13.0 Å². The first-order valence-electron chi connectivity index (χ1n) is 4.12. The third-order valence-corrected chi connectivity index (χ3v) is 2.92. The van der Waals surface area contributed by atoms with Crippen LogP contribution in [0.3, 0.4) is 0 Å². The molecule has 12 heavy (non-hydrogen) atoms. The molecule has 1 aromatic rings. The Hall–Kier alpha value is -0.630. The Bertz CT molecular complexity index is 341. The van der Waals surface area contributed by atoms with Gasteiger partial charge >= 0.3 is 0 Å². The standard InChI is InChI=1S/C10H10BrN/c1-2-7-3-8-5-12-6-9(8)4-10(7)11/h3-4,6H,2,5H2,1H3. The van der Waals surface area contributed by atoms with Gasteiger partial charge in [-0.1, -0.05) is 28.9 Å². The van der Waals surface area contributed by atoms with E-state index in [-0.39, 0.29) is 0 Å². The minimum Gasteiger partial charge on any atom is -0.288 e. The van der Waals surface area contributed by atoms with Crippen LogP contribution < -0.4 is 0 Å². The SMILES string of the molecule is CCc1cc2c(cc1Br)C=NC2. The van der Waals surface area contributed by atoms with Crippen LogP contribution in [0.5, 0.6) is 0 Å². The Labute approximate surface area is 80.6 Å². The molecule has 0 saturated carbocycles. The molecule has 1 nitrogen and oxygen atoms in total. The molecule has 0 spiro atoms. The fraction of sp³-hybridized carbons (Fsp3) is 0.300. The number of aliphatic imine (C=N–C) groups is 1. The third-order valence-electron chi connectivity index (χ3n) is 2.18. The number of halogens is 1. The van der Waals surface area contributed by atoms with Crippen molar-refractivity contribution in [2.45, 2.75) is 19.9 Å². The molecule has 0 atom stereocenters. The van der Waals surface area contributed by atoms with Crippen molar-refractivity contribution >= 4 is 22.1 Å². The van der Waals surface area contributed by atoms with E-state index in [1.54, 1.807) is 0 Å². The zero-order valence-electron chi connectivity index (χ0n) is 6.97. The largest absolute Gasteiger partial charge is 0.288 e. The summed E-state index contributed by atoms with van der Waals surface area (Å²) in [6.45, 7) is 3.03. The summed E-state index contributed by atoms with van der Waals surface area (Å²) < 4.78 is 1.21. The molecule has 0 amide bonds. The maximum Gasteiger partial charge on any atom is 0.0646 e. The lowest BCUT2D eigenvalue weighted by Gasteiger charge is -2.04. The smallest absolute Gasteiger partial charge is 0.0646 e. The van der Waals surface area contributed by atoms with Gasteiger partial charge in [0, 0.05) is 10.7 Å². The first kappa shape index (κ1) is 7.99. The first-order valence-corrected chi connectivity index (χ1v) is 4.91. The lowest BCUT2D eigenvalue weighted by Crippen LogP contribution is -1.89. The van der Waals surface area contributed by atoms with Crippen LogP contribution in [-0.2, 0) is 13.0 Å². The Morgan fingerprint density at radius 2 is 2.33 bits per heavy atom. The highest BCUT2D eigenvalue weighted by Crippen LogP contribution is 2.24. The van der Waals surface area contributed by atoms with Crippen LogP contribution in [-0.4, -0.2) is 6.21 Å². The zero-order chi connectivity index (χ0) is 8.55. The Morgan fingerprint density at radius 3 is 3.08 bits per heavy atom. The molecule has 0 N–H and O–H groups in total. The van der Waals surface area contributed by atoms with Crippen LogP contribution >= 0.6 is 15.9 Å². The average molecular weight is 224 g/mol. The molecule has 1 aliphatic heterocycles. The molecule has 0 unspecified atom stereocenters. The van der Waals surface area contributed by atoms with Crippen molar-refractivity contribution < 1.29 is 0 Å². The highest BCUT2D eigenvalue weighted by Gasteiger charge is 2.08. The second kappa shape index (κ2) is 3.02. The molecule has 0 radical (unpaired) electrons. The first-order chi connectivity index (χ1) is 5.81. The number of hydrogen-bond donors (Lipinski definition) is 0. The van der Waals surface area contributed by atoms with Gasteiger partial charge in [0.25, 0.3) is 0 Å². The van der Waals surface area contributed by atoms with Crippen molar-refractivity contribution in [3.05, 3.63) is 33.3 Å². The molecule has 0 aliphatic carbocycles. The van der Waals surface area contributed by atoms with Crippen molar-refractivity contribution in [3.8, 4) is 0 Å². The molecular formula is C10H10BrN. The summed E-state index contributed by atoms with van der Waals surface area (Å²) in [4.78, 5) is 4.22. The van der Waals surface area contributed by atoms with E-state index in [1.807, 2.05) is 6.21 Å². The van der Waals surface area contributed by atoms with Gasteiger partial charge in [0.2, 0.25) is 0 Å². The predicted molar refractivity (Wildman–Crippen MR) is 54.8 cm³/mol. The van der Waals surface area contributed by atoms with Crippen LogP contribution in [0.15, 0.2) is 21.6 Å². The van der Waals surface area contributed by atoms with E-state index in [2.05, 4.69) is 40.0 Å². The monoisotopic (exact) mass is 223 g/mol. The highest BCUT2D eigenvalue weighted by molar-refractivity contribution is 9.10. The molecule has 1 aliphatic rings. The summed E-state index contributed by atoms with van der Waals surface area (Å²) in [7, 11) is 0. The third kappa shape index (κ3) is 1.20. The second-order valence-electron chi connectivity index (χ2n) is 2.97. The zero-order valence-corrected chi connectivity index (χ0v) is 8.56. The number of benzene rings is 1. The maximum atomic E-state index is 4.22. The van der Waals surface area contributed by atoms with Crippen molar-refractivity contribution in [1.29, 1.82) is 0 Å². The molecule has 1 heterocycles. The molecule has 2 rings (SSSR count). The molecule has 2 heteroatoms. The van der Waals surface area contributed by atoms with Gasteiger partial charge in [0.1, 0.15) is 0 Å². The van der Waals surface area contributed by atoms with Gasteiger partial charge in [-0.2, -0.15) is 0 Å². The normalized spacial score (nSPS) is 13.5. The number of aryl methyl sites for hydroxylation is 1. The van der Waals surface area contributed by atoms with Gasteiger partial charge in [0.05, 0.1) is 6.54 Å². The summed E-state index contributed by atoms with van der Waals surface area (Å²) in [5.74, 6) is 0. The predicted octanol–water partition coefficient (Wildman–Crippen LogP) is 2.94. The topological polar surface area (TPSA) is 12.4 Å². The van der Waals surface area contributed by atoms with Gasteiger partial charge in [0.15, 0.2) is 0 Å². The summed E-state index contributed by atoms with van der Waals surface area (Å²) in [6, 6.07) is 4.40. The Kier molecular flexibility index (Phi) is 2.01. The fourth-order valence-corrected chi connectivity index (χ4v) is 2.10. The van der Waals surface area contributed by atoms with Crippen LogP contribution in [0.2, 0.25) is 0 Å². The number of rotatable bonds is 1. The number of nitrogens with zero attached hydrogens (tertiary/aromatic N) is 1. The van der Waals surface area contributed by atoms with Gasteiger partial charge in [-0.3, -0.25) is 4.99 Å². The summed E-state index contributed by atoms with van der Waals surface area (Å²) >= 11 is 3.55. The molecule has 62 valence electrons. The lowest BCUT2D eigenvalue weighted by molar-refractivity contribution is 1.07. The van der Waals surface area contributed by atoms with Crippen molar-refractivity contribution in [3.63, 3.8) is 0 Å². The Balaban J connectivity index is 2.54. The molecule has 0 fully saturated rings. The van der Waals surface area contributed by atoms with E-state index in [1.165, 1.54) is 21.2 Å².